The first-order valence-electron chi connectivity index (χ1n) is 7.79. The summed E-state index contributed by atoms with van der Waals surface area (Å²) in [5, 5.41) is 21.7. The zero-order valence-corrected chi connectivity index (χ0v) is 14.0. The first kappa shape index (κ1) is 17.3. The smallest absolute Gasteiger partial charge is 0.170 e. The first-order chi connectivity index (χ1) is 12.5. The third kappa shape index (κ3) is 3.17. The van der Waals surface area contributed by atoms with Crippen molar-refractivity contribution in [1.29, 1.82) is 0 Å². The fourth-order valence-corrected chi connectivity index (χ4v) is 2.87. The molecule has 0 aliphatic carbocycles. The maximum absolute atomic E-state index is 14.3. The Balaban J connectivity index is 2.40. The summed E-state index contributed by atoms with van der Waals surface area (Å²) in [5.41, 5.74) is 8.47. The monoisotopic (exact) mass is 352 g/mol. The van der Waals surface area contributed by atoms with Crippen molar-refractivity contribution in [3.63, 3.8) is 0 Å². The second-order valence-corrected chi connectivity index (χ2v) is 5.61. The van der Waals surface area contributed by atoms with Gasteiger partial charge >= 0.3 is 0 Å². The molecule has 26 heavy (non-hydrogen) atoms. The van der Waals surface area contributed by atoms with Crippen LogP contribution in [0.4, 0.5) is 4.39 Å². The average Bonchev–Trinajstić information content (AvgIpc) is 2.67. The molecule has 0 saturated carbocycles. The van der Waals surface area contributed by atoms with Gasteiger partial charge < -0.3 is 20.8 Å². The van der Waals surface area contributed by atoms with Gasteiger partial charge in [0.25, 0.3) is 0 Å². The van der Waals surface area contributed by atoms with Gasteiger partial charge in [0.1, 0.15) is 17.3 Å². The molecule has 132 valence electrons. The molecule has 0 spiro atoms. The van der Waals surface area contributed by atoms with Gasteiger partial charge in [-0.15, -0.1) is 0 Å². The largest absolute Gasteiger partial charge is 0.508 e. The van der Waals surface area contributed by atoms with Crippen LogP contribution >= 0.6 is 0 Å². The third-order valence-electron chi connectivity index (χ3n) is 4.04. The van der Waals surface area contributed by atoms with Crippen molar-refractivity contribution in [2.75, 3.05) is 7.11 Å². The van der Waals surface area contributed by atoms with Crippen LogP contribution in [-0.2, 0) is 0 Å². The first-order valence-corrected chi connectivity index (χ1v) is 7.79. The normalized spacial score (nSPS) is 11.4. The maximum atomic E-state index is 14.3. The lowest BCUT2D eigenvalue weighted by Crippen LogP contribution is -2.15. The molecule has 0 bridgehead atoms. The van der Waals surface area contributed by atoms with Crippen LogP contribution in [0.5, 0.6) is 11.5 Å². The van der Waals surface area contributed by atoms with E-state index in [1.165, 1.54) is 31.4 Å². The number of amidine groups is 1. The molecule has 3 aromatic rings. The Morgan fingerprint density at radius 2 is 1.73 bits per heavy atom. The van der Waals surface area contributed by atoms with Gasteiger partial charge in [0, 0.05) is 16.7 Å². The fourth-order valence-electron chi connectivity index (χ4n) is 2.87. The van der Waals surface area contributed by atoms with E-state index in [9.17, 15) is 9.50 Å². The molecule has 0 radical (unpaired) electrons. The summed E-state index contributed by atoms with van der Waals surface area (Å²) in [7, 11) is 1.53. The van der Waals surface area contributed by atoms with E-state index in [0.29, 0.717) is 28.0 Å². The highest BCUT2D eigenvalue weighted by Crippen LogP contribution is 2.40. The van der Waals surface area contributed by atoms with E-state index in [1.807, 2.05) is 18.2 Å². The van der Waals surface area contributed by atoms with E-state index in [-0.39, 0.29) is 17.1 Å². The predicted molar refractivity (Wildman–Crippen MR) is 98.0 cm³/mol. The molecule has 0 amide bonds. The number of nitrogens with two attached hydrogens (primary N) is 1. The van der Waals surface area contributed by atoms with E-state index in [2.05, 4.69) is 5.16 Å². The molecule has 0 unspecified atom stereocenters. The van der Waals surface area contributed by atoms with Gasteiger partial charge in [-0.25, -0.2) is 4.39 Å². The van der Waals surface area contributed by atoms with Gasteiger partial charge in [-0.1, -0.05) is 35.5 Å². The summed E-state index contributed by atoms with van der Waals surface area (Å²) in [6.07, 6.45) is 0. The van der Waals surface area contributed by atoms with E-state index in [1.54, 1.807) is 18.2 Å². The number of nitrogens with zero attached hydrogens (tertiary/aromatic N) is 1. The van der Waals surface area contributed by atoms with E-state index in [0.717, 1.165) is 0 Å². The number of hydrogen-bond donors (Lipinski definition) is 3. The summed E-state index contributed by atoms with van der Waals surface area (Å²) < 4.78 is 19.7. The summed E-state index contributed by atoms with van der Waals surface area (Å²) in [5.74, 6) is -0.0921. The number of hydrogen-bond acceptors (Lipinski definition) is 4. The molecule has 0 saturated heterocycles. The van der Waals surface area contributed by atoms with Crippen molar-refractivity contribution in [3.8, 4) is 33.8 Å². The van der Waals surface area contributed by atoms with Crippen molar-refractivity contribution in [3.05, 3.63) is 72.0 Å². The number of para-hydroxylation sites is 1. The van der Waals surface area contributed by atoms with Crippen LogP contribution in [0.15, 0.2) is 65.8 Å². The van der Waals surface area contributed by atoms with E-state index < -0.39 is 5.82 Å². The van der Waals surface area contributed by atoms with Crippen molar-refractivity contribution >= 4 is 5.84 Å². The molecule has 0 aliphatic rings. The Bertz CT molecular complexity index is 969. The Labute approximate surface area is 149 Å². The highest BCUT2D eigenvalue weighted by atomic mass is 19.1. The number of methoxy groups -OCH3 is 1. The number of aromatic hydroxyl groups is 1. The molecule has 3 rings (SSSR count). The number of ether oxygens (including phenoxy) is 1. The third-order valence-corrected chi connectivity index (χ3v) is 4.04. The highest BCUT2D eigenvalue weighted by Gasteiger charge is 2.20. The maximum Gasteiger partial charge on any atom is 0.170 e. The van der Waals surface area contributed by atoms with Crippen LogP contribution in [0.25, 0.3) is 22.3 Å². The van der Waals surface area contributed by atoms with Gasteiger partial charge in [-0.05, 0) is 41.5 Å². The van der Waals surface area contributed by atoms with Crippen LogP contribution < -0.4 is 10.5 Å². The minimum atomic E-state index is -0.534. The van der Waals surface area contributed by atoms with E-state index in [4.69, 9.17) is 15.7 Å². The molecule has 0 heterocycles. The van der Waals surface area contributed by atoms with Crippen molar-refractivity contribution in [2.45, 2.75) is 0 Å². The summed E-state index contributed by atoms with van der Waals surface area (Å²) in [6.45, 7) is 0. The van der Waals surface area contributed by atoms with Gasteiger partial charge in [-0.3, -0.25) is 0 Å². The highest BCUT2D eigenvalue weighted by molar-refractivity contribution is 6.07. The zero-order chi connectivity index (χ0) is 18.7. The standard InChI is InChI=1S/C20H17FN2O3/c1-26-18-5-3-2-4-15(18)19-16(12-6-8-14(24)9-7-12)10-13(21)11-17(19)20(22)23-25/h2-11,24-25H,1H3,(H2,22,23). The number of halogens is 1. The molecule has 6 heteroatoms. The molecular weight excluding hydrogens is 335 g/mol. The Morgan fingerprint density at radius 1 is 1.04 bits per heavy atom. The molecule has 3 aromatic carbocycles. The minimum absolute atomic E-state index is 0.0978. The topological polar surface area (TPSA) is 88.1 Å². The summed E-state index contributed by atoms with van der Waals surface area (Å²) in [6, 6.07) is 16.1. The van der Waals surface area contributed by atoms with E-state index >= 15 is 0 Å². The average molecular weight is 352 g/mol. The van der Waals surface area contributed by atoms with Crippen molar-refractivity contribution in [2.24, 2.45) is 10.9 Å². The minimum Gasteiger partial charge on any atom is -0.508 e. The Morgan fingerprint density at radius 3 is 2.38 bits per heavy atom. The van der Waals surface area contributed by atoms with Gasteiger partial charge in [-0.2, -0.15) is 0 Å². The van der Waals surface area contributed by atoms with Crippen molar-refractivity contribution in [1.82, 2.24) is 0 Å². The van der Waals surface area contributed by atoms with Gasteiger partial charge in [0.2, 0.25) is 0 Å². The van der Waals surface area contributed by atoms with Crippen LogP contribution in [0.3, 0.4) is 0 Å². The van der Waals surface area contributed by atoms with Crippen LogP contribution in [0.2, 0.25) is 0 Å². The number of rotatable bonds is 4. The number of phenols is 1. The molecule has 0 atom stereocenters. The van der Waals surface area contributed by atoms with Gasteiger partial charge in [0.05, 0.1) is 7.11 Å². The molecule has 0 aromatic heterocycles. The summed E-state index contributed by atoms with van der Waals surface area (Å²) >= 11 is 0. The second kappa shape index (κ2) is 7.14. The molecular formula is C20H17FN2O3. The lowest BCUT2D eigenvalue weighted by atomic mass is 9.89. The van der Waals surface area contributed by atoms with Crippen molar-refractivity contribution < 1.29 is 19.4 Å². The quantitative estimate of drug-likeness (QED) is 0.287. The lowest BCUT2D eigenvalue weighted by Gasteiger charge is -2.17. The number of oxime groups is 1. The number of benzene rings is 3. The number of phenolic OH excluding ortho intramolecular Hbond substituents is 1. The predicted octanol–water partition coefficient (Wildman–Crippen LogP) is 3.97. The summed E-state index contributed by atoms with van der Waals surface area (Å²) in [4.78, 5) is 0. The molecule has 0 aliphatic heterocycles. The lowest BCUT2D eigenvalue weighted by molar-refractivity contribution is 0.318. The zero-order valence-electron chi connectivity index (χ0n) is 14.0. The second-order valence-electron chi connectivity index (χ2n) is 5.61. The fraction of sp³-hybridized carbons (Fsp3) is 0.0500. The van der Waals surface area contributed by atoms with Crippen LogP contribution in [0, 0.1) is 5.82 Å². The SMILES string of the molecule is COc1ccccc1-c1c(C(N)=NO)cc(F)cc1-c1ccc(O)cc1. The molecule has 0 fully saturated rings. The van der Waals surface area contributed by atoms with Crippen LogP contribution in [-0.4, -0.2) is 23.3 Å². The molecule has 4 N–H and O–H groups in total. The molecule has 5 nitrogen and oxygen atoms in total. The Kier molecular flexibility index (Phi) is 4.75. The van der Waals surface area contributed by atoms with Gasteiger partial charge in [0.15, 0.2) is 5.84 Å². The van der Waals surface area contributed by atoms with Crippen LogP contribution in [0.1, 0.15) is 5.56 Å². The Hall–Kier alpha value is -3.54.